The van der Waals surface area contributed by atoms with Crippen LogP contribution >= 0.6 is 15.9 Å². The van der Waals surface area contributed by atoms with E-state index in [1.54, 1.807) is 12.1 Å². The van der Waals surface area contributed by atoms with E-state index >= 15 is 0 Å². The average molecular weight is 353 g/mol. The normalized spacial score (nSPS) is 19.8. The molecule has 1 saturated heterocycles. The van der Waals surface area contributed by atoms with Crippen molar-refractivity contribution in [2.75, 3.05) is 14.1 Å². The molecule has 1 aromatic rings. The summed E-state index contributed by atoms with van der Waals surface area (Å²) in [4.78, 5) is 29.7. The molecule has 2 rings (SSSR count). The van der Waals surface area contributed by atoms with Gasteiger partial charge in [-0.05, 0) is 18.2 Å². The number of imide groups is 1. The fourth-order valence-electron chi connectivity index (χ4n) is 1.82. The van der Waals surface area contributed by atoms with Gasteiger partial charge in [0.2, 0.25) is 0 Å². The van der Waals surface area contributed by atoms with E-state index in [4.69, 9.17) is 5.41 Å². The Morgan fingerprint density at radius 2 is 2.00 bits per heavy atom. The van der Waals surface area contributed by atoms with Crippen molar-refractivity contribution in [2.24, 2.45) is 4.99 Å². The third kappa shape index (κ3) is 2.80. The van der Waals surface area contributed by atoms with E-state index in [0.717, 1.165) is 14.3 Å². The predicted molar refractivity (Wildman–Crippen MR) is 80.8 cm³/mol. The molecule has 1 heterocycles. The molecule has 0 spiro atoms. The molecule has 0 bridgehead atoms. The number of aromatic hydroxyl groups is 1. The van der Waals surface area contributed by atoms with Gasteiger partial charge in [0.15, 0.2) is 6.04 Å². The Balaban J connectivity index is 2.31. The molecule has 3 amide bonds. The van der Waals surface area contributed by atoms with E-state index in [9.17, 15) is 14.7 Å². The number of phenols is 1. The monoisotopic (exact) mass is 352 g/mol. The van der Waals surface area contributed by atoms with Crippen molar-refractivity contribution in [3.8, 4) is 5.75 Å². The maximum atomic E-state index is 12.0. The number of hydrogen-bond acceptors (Lipinski definition) is 5. The first-order chi connectivity index (χ1) is 9.82. The minimum Gasteiger partial charge on any atom is -0.507 e. The largest absolute Gasteiger partial charge is 0.507 e. The summed E-state index contributed by atoms with van der Waals surface area (Å²) < 4.78 is 0.746. The molecule has 7 nitrogen and oxygen atoms in total. The van der Waals surface area contributed by atoms with E-state index in [2.05, 4.69) is 20.9 Å². The predicted octanol–water partition coefficient (Wildman–Crippen LogP) is 1.44. The van der Waals surface area contributed by atoms with Crippen molar-refractivity contribution in [3.63, 3.8) is 0 Å². The van der Waals surface area contributed by atoms with Crippen LogP contribution in [0.3, 0.4) is 0 Å². The smallest absolute Gasteiger partial charge is 0.331 e. The minimum atomic E-state index is -1.10. The lowest BCUT2D eigenvalue weighted by atomic mass is 10.1. The van der Waals surface area contributed by atoms with E-state index < -0.39 is 18.0 Å². The first-order valence-corrected chi connectivity index (χ1v) is 6.77. The summed E-state index contributed by atoms with van der Waals surface area (Å²) in [5.74, 6) is -0.766. The summed E-state index contributed by atoms with van der Waals surface area (Å²) in [7, 11) is 2.75. The van der Waals surface area contributed by atoms with Crippen LogP contribution in [0.5, 0.6) is 5.75 Å². The first-order valence-electron chi connectivity index (χ1n) is 5.98. The number of hydrogen-bond donors (Lipinski definition) is 2. The molecular weight excluding hydrogens is 340 g/mol. The molecule has 0 aliphatic carbocycles. The number of benzene rings is 1. The maximum Gasteiger partial charge on any atom is 0.331 e. The molecule has 1 unspecified atom stereocenters. The molecule has 1 atom stereocenters. The number of amidine groups is 1. The zero-order valence-electron chi connectivity index (χ0n) is 11.4. The molecule has 21 heavy (non-hydrogen) atoms. The molecule has 110 valence electrons. The van der Waals surface area contributed by atoms with Crippen molar-refractivity contribution >= 4 is 39.9 Å². The third-order valence-corrected chi connectivity index (χ3v) is 3.60. The first kappa shape index (κ1) is 15.2. The number of phenolic OH excluding ortho intramolecular Hbond substituents is 1. The number of urea groups is 1. The summed E-state index contributed by atoms with van der Waals surface area (Å²) in [6.07, 6.45) is 1.31. The van der Waals surface area contributed by atoms with Crippen LogP contribution in [0.2, 0.25) is 0 Å². The van der Waals surface area contributed by atoms with Crippen LogP contribution in [0.4, 0.5) is 4.79 Å². The van der Waals surface area contributed by atoms with Gasteiger partial charge < -0.3 is 5.11 Å². The number of carbonyl (C=O) groups excluding carboxylic acids is 2. The standard InChI is InChI=1S/C13H13BrN4O3/c1-17-11(15)10(12(20)18(2)13(17)21)16-6-7-5-8(14)3-4-9(7)19/h3-6,10,15,19H,1-2H3. The second-order valence-corrected chi connectivity index (χ2v) is 5.42. The highest BCUT2D eigenvalue weighted by molar-refractivity contribution is 9.10. The zero-order valence-corrected chi connectivity index (χ0v) is 13.0. The molecule has 1 aromatic carbocycles. The van der Waals surface area contributed by atoms with E-state index in [1.165, 1.54) is 26.4 Å². The molecule has 2 N–H and O–H groups in total. The Morgan fingerprint density at radius 3 is 2.67 bits per heavy atom. The third-order valence-electron chi connectivity index (χ3n) is 3.11. The van der Waals surface area contributed by atoms with Gasteiger partial charge in [-0.15, -0.1) is 0 Å². The van der Waals surface area contributed by atoms with Crippen molar-refractivity contribution in [3.05, 3.63) is 28.2 Å². The van der Waals surface area contributed by atoms with Crippen molar-refractivity contribution < 1.29 is 14.7 Å². The van der Waals surface area contributed by atoms with Gasteiger partial charge in [0.1, 0.15) is 11.6 Å². The molecule has 0 aromatic heterocycles. The van der Waals surface area contributed by atoms with Gasteiger partial charge in [-0.1, -0.05) is 15.9 Å². The number of nitrogens with one attached hydrogen (secondary N) is 1. The van der Waals surface area contributed by atoms with Crippen LogP contribution in [-0.4, -0.2) is 59.0 Å². The topological polar surface area (TPSA) is 97.1 Å². The van der Waals surface area contributed by atoms with Crippen molar-refractivity contribution in [1.82, 2.24) is 9.80 Å². The molecule has 1 fully saturated rings. The minimum absolute atomic E-state index is 0.00882. The van der Waals surface area contributed by atoms with E-state index in [-0.39, 0.29) is 11.6 Å². The van der Waals surface area contributed by atoms with Crippen LogP contribution in [0.1, 0.15) is 5.56 Å². The second-order valence-electron chi connectivity index (χ2n) is 4.51. The fraction of sp³-hybridized carbons (Fsp3) is 0.231. The number of likely N-dealkylation sites (N-methyl/N-ethyl adjacent to an activating group) is 2. The van der Waals surface area contributed by atoms with Gasteiger partial charge in [-0.25, -0.2) is 4.79 Å². The fourth-order valence-corrected chi connectivity index (χ4v) is 2.20. The average Bonchev–Trinajstić information content (AvgIpc) is 2.46. The van der Waals surface area contributed by atoms with Crippen LogP contribution in [0.25, 0.3) is 0 Å². The van der Waals surface area contributed by atoms with E-state index in [0.29, 0.717) is 5.56 Å². The Bertz CT molecular complexity index is 635. The number of rotatable bonds is 2. The van der Waals surface area contributed by atoms with Crippen molar-refractivity contribution in [2.45, 2.75) is 6.04 Å². The molecule has 1 aliphatic rings. The van der Waals surface area contributed by atoms with Gasteiger partial charge in [0, 0.05) is 30.3 Å². The van der Waals surface area contributed by atoms with Gasteiger partial charge in [0.25, 0.3) is 5.91 Å². The second kappa shape index (κ2) is 5.65. The lowest BCUT2D eigenvalue weighted by Crippen LogP contribution is -2.58. The number of aliphatic imine (C=N–C) groups is 1. The lowest BCUT2D eigenvalue weighted by molar-refractivity contribution is -0.128. The lowest BCUT2D eigenvalue weighted by Gasteiger charge is -2.33. The van der Waals surface area contributed by atoms with Gasteiger partial charge >= 0.3 is 6.03 Å². The highest BCUT2D eigenvalue weighted by atomic mass is 79.9. The number of nitrogens with zero attached hydrogens (tertiary/aromatic N) is 3. The van der Waals surface area contributed by atoms with Gasteiger partial charge in [0.05, 0.1) is 0 Å². The summed E-state index contributed by atoms with van der Waals surface area (Å²) in [5, 5.41) is 17.6. The number of amides is 3. The Kier molecular flexibility index (Phi) is 4.08. The van der Waals surface area contributed by atoms with Gasteiger partial charge in [-0.3, -0.25) is 25.0 Å². The Hall–Kier alpha value is -2.22. The summed E-state index contributed by atoms with van der Waals surface area (Å²) in [6, 6.07) is 3.12. The van der Waals surface area contributed by atoms with E-state index in [1.807, 2.05) is 0 Å². The highest BCUT2D eigenvalue weighted by Crippen LogP contribution is 2.21. The van der Waals surface area contributed by atoms with Crippen LogP contribution in [0.15, 0.2) is 27.7 Å². The number of carbonyl (C=O) groups is 2. The van der Waals surface area contributed by atoms with Crippen LogP contribution < -0.4 is 0 Å². The summed E-state index contributed by atoms with van der Waals surface area (Å²) in [5.41, 5.74) is 0.409. The molecule has 1 aliphatic heterocycles. The zero-order chi connectivity index (χ0) is 15.7. The summed E-state index contributed by atoms with van der Waals surface area (Å²) in [6.45, 7) is 0. The van der Waals surface area contributed by atoms with Crippen LogP contribution in [-0.2, 0) is 4.79 Å². The van der Waals surface area contributed by atoms with Crippen molar-refractivity contribution in [1.29, 1.82) is 5.41 Å². The Morgan fingerprint density at radius 1 is 1.33 bits per heavy atom. The number of halogens is 1. The molecule has 0 radical (unpaired) electrons. The molecular formula is C13H13BrN4O3. The van der Waals surface area contributed by atoms with Crippen LogP contribution in [0, 0.1) is 5.41 Å². The summed E-state index contributed by atoms with van der Waals surface area (Å²) >= 11 is 3.27. The Labute approximate surface area is 129 Å². The molecule has 8 heteroatoms. The SMILES string of the molecule is CN1C(=N)C(N=Cc2cc(Br)ccc2O)C(=O)N(C)C1=O. The highest BCUT2D eigenvalue weighted by Gasteiger charge is 2.39. The molecule has 0 saturated carbocycles. The quantitative estimate of drug-likeness (QED) is 0.788. The maximum absolute atomic E-state index is 12.0. The van der Waals surface area contributed by atoms with Gasteiger partial charge in [-0.2, -0.15) is 0 Å².